The second-order valence-electron chi connectivity index (χ2n) is 1.60. The number of nitrogens with zero attached hydrogens (tertiary/aromatic N) is 2. The Morgan fingerprint density at radius 2 is 2.50 bits per heavy atom. The largest absolute Gasteiger partial charge is 0.207 e. The molecule has 1 rings (SSSR count). The Morgan fingerprint density at radius 3 is 3.00 bits per heavy atom. The molecule has 0 radical (unpaired) electrons. The van der Waals surface area contributed by atoms with E-state index in [1.807, 2.05) is 0 Å². The van der Waals surface area contributed by atoms with Crippen LogP contribution in [-0.4, -0.2) is 15.1 Å². The van der Waals surface area contributed by atoms with Crippen LogP contribution in [0, 0.1) is 0 Å². The van der Waals surface area contributed by atoms with Crippen LogP contribution in [0.3, 0.4) is 0 Å². The summed E-state index contributed by atoms with van der Waals surface area (Å²) in [4.78, 5) is 4.00. The summed E-state index contributed by atoms with van der Waals surface area (Å²) in [7, 11) is 0. The highest BCUT2D eigenvalue weighted by molar-refractivity contribution is 7.98. The third-order valence-electron chi connectivity index (χ3n) is 0.879. The summed E-state index contributed by atoms with van der Waals surface area (Å²) in [6.07, 6.45) is 0. The van der Waals surface area contributed by atoms with Crippen LogP contribution in [0.2, 0.25) is 4.47 Å². The maximum Gasteiger partial charge on any atom is 0.203 e. The monoisotopic (exact) mass is 194 g/mol. The topological polar surface area (TPSA) is 25.8 Å². The SMILES string of the molecule is CCSCc1nsc(Cl)n1. The van der Waals surface area contributed by atoms with Crippen LogP contribution in [0.1, 0.15) is 12.7 Å². The Hall–Kier alpha value is 0.200. The fourth-order valence-electron chi connectivity index (χ4n) is 0.485. The smallest absolute Gasteiger partial charge is 0.203 e. The van der Waals surface area contributed by atoms with Gasteiger partial charge in [-0.25, -0.2) is 4.98 Å². The molecule has 2 nitrogen and oxygen atoms in total. The number of rotatable bonds is 3. The maximum atomic E-state index is 5.57. The van der Waals surface area contributed by atoms with Gasteiger partial charge < -0.3 is 0 Å². The molecule has 10 heavy (non-hydrogen) atoms. The van der Waals surface area contributed by atoms with Gasteiger partial charge in [0.05, 0.1) is 5.75 Å². The second-order valence-corrected chi connectivity index (χ2v) is 4.21. The molecule has 0 spiro atoms. The van der Waals surface area contributed by atoms with E-state index in [9.17, 15) is 0 Å². The van der Waals surface area contributed by atoms with Gasteiger partial charge in [-0.2, -0.15) is 16.1 Å². The Bertz CT molecular complexity index is 201. The zero-order valence-corrected chi connectivity index (χ0v) is 7.89. The molecule has 0 saturated heterocycles. The summed E-state index contributed by atoms with van der Waals surface area (Å²) < 4.78 is 4.57. The third kappa shape index (κ3) is 2.44. The molecular weight excluding hydrogens is 188 g/mol. The molecule has 0 aliphatic carbocycles. The highest BCUT2D eigenvalue weighted by atomic mass is 35.5. The van der Waals surface area contributed by atoms with Crippen LogP contribution in [0.5, 0.6) is 0 Å². The van der Waals surface area contributed by atoms with Gasteiger partial charge in [0, 0.05) is 0 Å². The van der Waals surface area contributed by atoms with Crippen molar-refractivity contribution < 1.29 is 0 Å². The van der Waals surface area contributed by atoms with Crippen molar-refractivity contribution in [3.05, 3.63) is 10.3 Å². The molecule has 0 bridgehead atoms. The summed E-state index contributed by atoms with van der Waals surface area (Å²) in [5, 5.41) is 0. The molecular formula is C5H7ClN2S2. The molecule has 56 valence electrons. The van der Waals surface area contributed by atoms with Gasteiger partial charge in [0.2, 0.25) is 4.47 Å². The van der Waals surface area contributed by atoms with Crippen LogP contribution < -0.4 is 0 Å². The van der Waals surface area contributed by atoms with Gasteiger partial charge in [-0.15, -0.1) is 0 Å². The van der Waals surface area contributed by atoms with Crippen LogP contribution >= 0.6 is 34.9 Å². The zero-order valence-electron chi connectivity index (χ0n) is 5.50. The van der Waals surface area contributed by atoms with E-state index in [2.05, 4.69) is 16.3 Å². The molecule has 0 aliphatic heterocycles. The molecule has 1 heterocycles. The van der Waals surface area contributed by atoms with E-state index in [-0.39, 0.29) is 0 Å². The molecule has 1 aromatic rings. The first-order valence-corrected chi connectivity index (χ1v) is 5.19. The van der Waals surface area contributed by atoms with Crippen molar-refractivity contribution in [1.29, 1.82) is 0 Å². The van der Waals surface area contributed by atoms with Crippen molar-refractivity contribution in [3.8, 4) is 0 Å². The zero-order chi connectivity index (χ0) is 7.40. The number of thioether (sulfide) groups is 1. The Balaban J connectivity index is 2.42. The highest BCUT2D eigenvalue weighted by Crippen LogP contribution is 2.14. The molecule has 5 heteroatoms. The Morgan fingerprint density at radius 1 is 1.70 bits per heavy atom. The number of aromatic nitrogens is 2. The van der Waals surface area contributed by atoms with Crippen molar-refractivity contribution in [1.82, 2.24) is 9.36 Å². The van der Waals surface area contributed by atoms with Gasteiger partial charge in [0.15, 0.2) is 5.82 Å². The summed E-state index contributed by atoms with van der Waals surface area (Å²) >= 11 is 8.62. The summed E-state index contributed by atoms with van der Waals surface area (Å²) in [5.74, 6) is 2.82. The van der Waals surface area contributed by atoms with Crippen molar-refractivity contribution in [2.45, 2.75) is 12.7 Å². The molecule has 0 fully saturated rings. The van der Waals surface area contributed by atoms with E-state index in [4.69, 9.17) is 11.6 Å². The van der Waals surface area contributed by atoms with E-state index in [1.165, 1.54) is 11.5 Å². The average Bonchev–Trinajstić information content (AvgIpc) is 2.31. The van der Waals surface area contributed by atoms with E-state index in [0.29, 0.717) is 4.47 Å². The lowest BCUT2D eigenvalue weighted by molar-refractivity contribution is 1.14. The summed E-state index contributed by atoms with van der Waals surface area (Å²) in [5.41, 5.74) is 0. The molecule has 0 aliphatic rings. The van der Waals surface area contributed by atoms with E-state index >= 15 is 0 Å². The lowest BCUT2D eigenvalue weighted by Gasteiger charge is -1.88. The van der Waals surface area contributed by atoms with Gasteiger partial charge in [-0.05, 0) is 28.9 Å². The Kier molecular flexibility index (Phi) is 3.45. The third-order valence-corrected chi connectivity index (χ3v) is 2.58. The van der Waals surface area contributed by atoms with Crippen molar-refractivity contribution in [3.63, 3.8) is 0 Å². The first-order chi connectivity index (χ1) is 4.83. The van der Waals surface area contributed by atoms with Gasteiger partial charge in [-0.1, -0.05) is 6.92 Å². The predicted octanol–water partition coefficient (Wildman–Crippen LogP) is 2.44. The van der Waals surface area contributed by atoms with Crippen LogP contribution in [0.15, 0.2) is 0 Å². The molecule has 1 aromatic heterocycles. The van der Waals surface area contributed by atoms with E-state index in [0.717, 1.165) is 17.3 Å². The van der Waals surface area contributed by atoms with Crippen LogP contribution in [0.25, 0.3) is 0 Å². The maximum absolute atomic E-state index is 5.57. The average molecular weight is 195 g/mol. The first-order valence-electron chi connectivity index (χ1n) is 2.88. The second kappa shape index (κ2) is 4.16. The normalized spacial score (nSPS) is 10.2. The molecule has 0 unspecified atom stereocenters. The predicted molar refractivity (Wildman–Crippen MR) is 46.8 cm³/mol. The standard InChI is InChI=1S/C5H7ClN2S2/c1-2-9-3-4-7-5(6)10-8-4/h2-3H2,1H3. The van der Waals surface area contributed by atoms with Crippen molar-refractivity contribution in [2.75, 3.05) is 5.75 Å². The van der Waals surface area contributed by atoms with Crippen LogP contribution in [0.4, 0.5) is 0 Å². The fraction of sp³-hybridized carbons (Fsp3) is 0.600. The summed E-state index contributed by atoms with van der Waals surface area (Å²) in [6.45, 7) is 2.11. The number of hydrogen-bond donors (Lipinski definition) is 0. The lowest BCUT2D eigenvalue weighted by atomic mass is 10.7. The van der Waals surface area contributed by atoms with E-state index in [1.54, 1.807) is 11.8 Å². The number of hydrogen-bond acceptors (Lipinski definition) is 4. The van der Waals surface area contributed by atoms with Gasteiger partial charge >= 0.3 is 0 Å². The van der Waals surface area contributed by atoms with Gasteiger partial charge in [0.25, 0.3) is 0 Å². The minimum atomic E-state index is 0.534. The molecule has 0 amide bonds. The molecule has 0 N–H and O–H groups in total. The van der Waals surface area contributed by atoms with E-state index < -0.39 is 0 Å². The fourth-order valence-corrected chi connectivity index (χ4v) is 1.72. The number of halogens is 1. The molecule has 0 aromatic carbocycles. The van der Waals surface area contributed by atoms with Crippen molar-refractivity contribution >= 4 is 34.9 Å². The minimum absolute atomic E-state index is 0.534. The molecule has 0 atom stereocenters. The highest BCUT2D eigenvalue weighted by Gasteiger charge is 1.99. The van der Waals surface area contributed by atoms with Crippen LogP contribution in [-0.2, 0) is 5.75 Å². The molecule has 0 saturated carbocycles. The summed E-state index contributed by atoms with van der Waals surface area (Å²) in [6, 6.07) is 0. The lowest BCUT2D eigenvalue weighted by Crippen LogP contribution is -1.82. The minimum Gasteiger partial charge on any atom is -0.207 e. The van der Waals surface area contributed by atoms with Crippen molar-refractivity contribution in [2.24, 2.45) is 0 Å². The first kappa shape index (κ1) is 8.30. The Labute approximate surface area is 73.2 Å². The van der Waals surface area contributed by atoms with Gasteiger partial charge in [0.1, 0.15) is 0 Å². The van der Waals surface area contributed by atoms with Gasteiger partial charge in [-0.3, -0.25) is 0 Å². The quantitative estimate of drug-likeness (QED) is 0.740.